The van der Waals surface area contributed by atoms with Gasteiger partial charge in [-0.1, -0.05) is 42.5 Å². The van der Waals surface area contributed by atoms with Crippen LogP contribution in [0.15, 0.2) is 54.6 Å². The Kier molecular flexibility index (Phi) is 5.46. The maximum atomic E-state index is 12.4. The summed E-state index contributed by atoms with van der Waals surface area (Å²) in [7, 11) is 1.65. The summed E-state index contributed by atoms with van der Waals surface area (Å²) in [6.07, 6.45) is 0.777. The molecule has 0 aliphatic heterocycles. The molecule has 1 aromatic heterocycles. The second-order valence-electron chi connectivity index (χ2n) is 5.65. The molecule has 0 unspecified atom stereocenters. The Labute approximate surface area is 151 Å². The van der Waals surface area contributed by atoms with E-state index in [0.717, 1.165) is 34.0 Å². The summed E-state index contributed by atoms with van der Waals surface area (Å²) in [5.41, 5.74) is 2.96. The maximum Gasteiger partial charge on any atom is 0.263 e. The first kappa shape index (κ1) is 17.2. The van der Waals surface area contributed by atoms with E-state index in [0.29, 0.717) is 11.4 Å². The van der Waals surface area contributed by atoms with Gasteiger partial charge in [-0.25, -0.2) is 4.98 Å². The number of hydrogen-bond acceptors (Lipinski definition) is 4. The number of benzene rings is 2. The van der Waals surface area contributed by atoms with Gasteiger partial charge in [0.25, 0.3) is 5.91 Å². The molecule has 1 amide bonds. The number of rotatable bonds is 6. The number of nitrogens with one attached hydrogen (secondary N) is 1. The Morgan fingerprint density at radius 2 is 1.84 bits per heavy atom. The monoisotopic (exact) mass is 352 g/mol. The molecule has 0 aliphatic rings. The van der Waals surface area contributed by atoms with E-state index in [2.05, 4.69) is 10.3 Å². The van der Waals surface area contributed by atoms with Gasteiger partial charge in [-0.05, 0) is 31.0 Å². The molecule has 3 rings (SSSR count). The van der Waals surface area contributed by atoms with E-state index in [1.165, 1.54) is 11.3 Å². The predicted molar refractivity (Wildman–Crippen MR) is 101 cm³/mol. The fourth-order valence-electron chi connectivity index (χ4n) is 2.50. The van der Waals surface area contributed by atoms with Gasteiger partial charge in [0, 0.05) is 12.1 Å². The third kappa shape index (κ3) is 4.25. The molecular weight excluding hydrogens is 332 g/mol. The van der Waals surface area contributed by atoms with E-state index >= 15 is 0 Å². The number of hydrogen-bond donors (Lipinski definition) is 1. The average Bonchev–Trinajstić information content (AvgIpc) is 3.05. The number of carbonyl (C=O) groups is 1. The third-order valence-corrected chi connectivity index (χ3v) is 5.09. The second-order valence-corrected chi connectivity index (χ2v) is 6.65. The molecule has 25 heavy (non-hydrogen) atoms. The zero-order valence-corrected chi connectivity index (χ0v) is 15.1. The van der Waals surface area contributed by atoms with Crippen LogP contribution >= 0.6 is 11.3 Å². The molecule has 0 fully saturated rings. The van der Waals surface area contributed by atoms with Crippen molar-refractivity contribution in [2.75, 3.05) is 13.7 Å². The van der Waals surface area contributed by atoms with Crippen LogP contribution in [0.2, 0.25) is 0 Å². The first-order valence-corrected chi connectivity index (χ1v) is 8.93. The molecule has 4 nitrogen and oxygen atoms in total. The second kappa shape index (κ2) is 7.94. The molecule has 0 radical (unpaired) electrons. The minimum Gasteiger partial charge on any atom is -0.497 e. The molecule has 2 aromatic carbocycles. The van der Waals surface area contributed by atoms with Gasteiger partial charge in [0.2, 0.25) is 0 Å². The number of carbonyl (C=O) groups excluding carboxylic acids is 1. The zero-order valence-electron chi connectivity index (χ0n) is 14.3. The number of thiazole rings is 1. The van der Waals surface area contributed by atoms with Crippen molar-refractivity contribution >= 4 is 17.2 Å². The van der Waals surface area contributed by atoms with E-state index in [9.17, 15) is 4.79 Å². The van der Waals surface area contributed by atoms with Crippen LogP contribution in [0.3, 0.4) is 0 Å². The lowest BCUT2D eigenvalue weighted by Crippen LogP contribution is -2.25. The van der Waals surface area contributed by atoms with Crippen LogP contribution in [0.4, 0.5) is 0 Å². The first-order chi connectivity index (χ1) is 12.2. The lowest BCUT2D eigenvalue weighted by Gasteiger charge is -2.05. The molecule has 0 saturated carbocycles. The number of aromatic nitrogens is 1. The van der Waals surface area contributed by atoms with Crippen molar-refractivity contribution in [2.45, 2.75) is 13.3 Å². The van der Waals surface area contributed by atoms with E-state index in [1.54, 1.807) is 7.11 Å². The van der Waals surface area contributed by atoms with Crippen molar-refractivity contribution in [1.82, 2.24) is 10.3 Å². The van der Waals surface area contributed by atoms with Crippen molar-refractivity contribution in [3.8, 4) is 16.3 Å². The van der Waals surface area contributed by atoms with Gasteiger partial charge in [0.1, 0.15) is 15.6 Å². The minimum atomic E-state index is -0.0642. The van der Waals surface area contributed by atoms with Crippen molar-refractivity contribution in [3.63, 3.8) is 0 Å². The Morgan fingerprint density at radius 1 is 1.12 bits per heavy atom. The van der Waals surface area contributed by atoms with Crippen LogP contribution in [0, 0.1) is 6.92 Å². The number of methoxy groups -OCH3 is 1. The topological polar surface area (TPSA) is 51.2 Å². The fourth-order valence-corrected chi connectivity index (χ4v) is 3.49. The molecular formula is C20H20N2O2S. The molecule has 0 atom stereocenters. The molecule has 3 aromatic rings. The Morgan fingerprint density at radius 3 is 2.52 bits per heavy atom. The Bertz CT molecular complexity index is 842. The van der Waals surface area contributed by atoms with Gasteiger partial charge in [-0.2, -0.15) is 0 Å². The highest BCUT2D eigenvalue weighted by molar-refractivity contribution is 7.17. The van der Waals surface area contributed by atoms with Crippen molar-refractivity contribution in [2.24, 2.45) is 0 Å². The summed E-state index contributed by atoms with van der Waals surface area (Å²) in [5.74, 6) is 0.771. The van der Waals surface area contributed by atoms with Crippen LogP contribution in [0.1, 0.15) is 20.9 Å². The molecule has 0 bridgehead atoms. The fraction of sp³-hybridized carbons (Fsp3) is 0.200. The summed E-state index contributed by atoms with van der Waals surface area (Å²) in [4.78, 5) is 17.6. The minimum absolute atomic E-state index is 0.0642. The predicted octanol–water partition coefficient (Wildman–Crippen LogP) is 4.10. The number of nitrogens with zero attached hydrogens (tertiary/aromatic N) is 1. The normalized spacial score (nSPS) is 10.5. The largest absolute Gasteiger partial charge is 0.497 e. The van der Waals surface area contributed by atoms with Gasteiger partial charge >= 0.3 is 0 Å². The average molecular weight is 352 g/mol. The van der Waals surface area contributed by atoms with Crippen molar-refractivity contribution in [3.05, 3.63) is 70.7 Å². The van der Waals surface area contributed by atoms with Gasteiger partial charge in [-0.15, -0.1) is 11.3 Å². The van der Waals surface area contributed by atoms with Crippen molar-refractivity contribution < 1.29 is 9.53 Å². The van der Waals surface area contributed by atoms with Crippen molar-refractivity contribution in [1.29, 1.82) is 0 Å². The van der Waals surface area contributed by atoms with Crippen LogP contribution in [0.25, 0.3) is 10.6 Å². The highest BCUT2D eigenvalue weighted by atomic mass is 32.1. The lowest BCUT2D eigenvalue weighted by molar-refractivity contribution is 0.0957. The highest BCUT2D eigenvalue weighted by Crippen LogP contribution is 2.27. The maximum absolute atomic E-state index is 12.4. The lowest BCUT2D eigenvalue weighted by atomic mass is 10.1. The summed E-state index contributed by atoms with van der Waals surface area (Å²) < 4.78 is 5.15. The Hall–Kier alpha value is -2.66. The van der Waals surface area contributed by atoms with E-state index in [4.69, 9.17) is 4.74 Å². The van der Waals surface area contributed by atoms with Gasteiger partial charge in [0.05, 0.1) is 12.8 Å². The quantitative estimate of drug-likeness (QED) is 0.727. The van der Waals surface area contributed by atoms with Crippen LogP contribution in [-0.4, -0.2) is 24.5 Å². The number of amides is 1. The molecule has 1 heterocycles. The molecule has 0 saturated heterocycles. The first-order valence-electron chi connectivity index (χ1n) is 8.11. The van der Waals surface area contributed by atoms with Crippen LogP contribution in [0.5, 0.6) is 5.75 Å². The molecule has 5 heteroatoms. The summed E-state index contributed by atoms with van der Waals surface area (Å²) in [6, 6.07) is 17.8. The number of ether oxygens (including phenoxy) is 1. The third-order valence-electron chi connectivity index (χ3n) is 3.88. The van der Waals surface area contributed by atoms with Crippen LogP contribution < -0.4 is 10.1 Å². The molecule has 1 N–H and O–H groups in total. The SMILES string of the molecule is COc1ccc(CCNC(=O)c2sc(-c3ccccc3)nc2C)cc1. The summed E-state index contributed by atoms with van der Waals surface area (Å²) in [6.45, 7) is 2.46. The summed E-state index contributed by atoms with van der Waals surface area (Å²) in [5, 5.41) is 3.86. The number of aryl methyl sites for hydroxylation is 1. The van der Waals surface area contributed by atoms with E-state index in [-0.39, 0.29) is 5.91 Å². The Balaban J connectivity index is 1.60. The summed E-state index contributed by atoms with van der Waals surface area (Å²) >= 11 is 1.43. The molecule has 0 spiro atoms. The van der Waals surface area contributed by atoms with Gasteiger partial charge in [0.15, 0.2) is 0 Å². The molecule has 0 aliphatic carbocycles. The highest BCUT2D eigenvalue weighted by Gasteiger charge is 2.15. The van der Waals surface area contributed by atoms with Gasteiger partial charge < -0.3 is 10.1 Å². The van der Waals surface area contributed by atoms with Gasteiger partial charge in [-0.3, -0.25) is 4.79 Å². The smallest absolute Gasteiger partial charge is 0.263 e. The van der Waals surface area contributed by atoms with E-state index in [1.807, 2.05) is 61.5 Å². The van der Waals surface area contributed by atoms with Crippen LogP contribution in [-0.2, 0) is 6.42 Å². The standard InChI is InChI=1S/C20H20N2O2S/c1-14-18(25-20(22-14)16-6-4-3-5-7-16)19(23)21-13-12-15-8-10-17(24-2)11-9-15/h3-11H,12-13H2,1-2H3,(H,21,23). The zero-order chi connectivity index (χ0) is 17.6. The molecule has 128 valence electrons. The van der Waals surface area contributed by atoms with E-state index < -0.39 is 0 Å².